The Kier molecular flexibility index (Phi) is 11.7. The number of carbonyl (C=O) groups excluding carboxylic acids is 2. The number of fused-ring (bicyclic) bond motifs is 6. The summed E-state index contributed by atoms with van der Waals surface area (Å²) in [7, 11) is 1.52. The molecule has 3 aliphatic heterocycles. The van der Waals surface area contributed by atoms with Crippen LogP contribution >= 0.6 is 0 Å². The third kappa shape index (κ3) is 7.68. The number of likely N-dealkylation sites (N-methyl/N-ethyl adjacent to an activating group) is 1. The highest BCUT2D eigenvalue weighted by molar-refractivity contribution is 6.90. The van der Waals surface area contributed by atoms with Crippen LogP contribution in [-0.4, -0.2) is 108 Å². The number of anilines is 1. The van der Waals surface area contributed by atoms with Crippen molar-refractivity contribution in [2.24, 2.45) is 0 Å². The summed E-state index contributed by atoms with van der Waals surface area (Å²) in [5, 5.41) is 4.31. The van der Waals surface area contributed by atoms with Gasteiger partial charge in [-0.1, -0.05) is 71.7 Å². The summed E-state index contributed by atoms with van der Waals surface area (Å²) in [6, 6.07) is 7.23. The van der Waals surface area contributed by atoms with Crippen LogP contribution in [0.2, 0.25) is 16.6 Å². The number of ether oxygens (including phenoxy) is 2. The lowest BCUT2D eigenvalue weighted by Gasteiger charge is -2.46. The number of nitrogens with zero attached hydrogens (tertiary/aromatic N) is 6. The summed E-state index contributed by atoms with van der Waals surface area (Å²) < 4.78 is 46.3. The van der Waals surface area contributed by atoms with Gasteiger partial charge in [0, 0.05) is 30.1 Å². The van der Waals surface area contributed by atoms with Gasteiger partial charge in [-0.15, -0.1) is 5.54 Å². The van der Waals surface area contributed by atoms with E-state index in [-0.39, 0.29) is 58.6 Å². The maximum absolute atomic E-state index is 17.7. The zero-order chi connectivity index (χ0) is 43.6. The van der Waals surface area contributed by atoms with E-state index in [1.807, 2.05) is 62.6 Å². The van der Waals surface area contributed by atoms with Crippen LogP contribution in [0, 0.1) is 23.1 Å². The number of carbonyl (C=O) groups is 2. The number of benzene rings is 2. The zero-order valence-corrected chi connectivity index (χ0v) is 38.0. The molecule has 320 valence electrons. The van der Waals surface area contributed by atoms with Crippen LogP contribution in [0.15, 0.2) is 30.3 Å². The van der Waals surface area contributed by atoms with E-state index in [1.165, 1.54) is 6.07 Å². The Labute approximate surface area is 353 Å². The maximum atomic E-state index is 17.7. The highest BCUT2D eigenvalue weighted by Crippen LogP contribution is 2.46. The van der Waals surface area contributed by atoms with Crippen molar-refractivity contribution in [1.82, 2.24) is 30.1 Å². The zero-order valence-electron chi connectivity index (χ0n) is 37.0. The predicted molar refractivity (Wildman–Crippen MR) is 235 cm³/mol. The number of piperazine rings is 1. The normalized spacial score (nSPS) is 19.4. The fourth-order valence-electron chi connectivity index (χ4n) is 10.1. The molecule has 60 heavy (non-hydrogen) atoms. The Morgan fingerprint density at radius 3 is 2.32 bits per heavy atom. The van der Waals surface area contributed by atoms with Crippen molar-refractivity contribution in [2.45, 2.75) is 128 Å². The summed E-state index contributed by atoms with van der Waals surface area (Å²) in [5.41, 5.74) is 4.18. The number of aromatic nitrogens is 3. The van der Waals surface area contributed by atoms with Crippen molar-refractivity contribution in [1.29, 1.82) is 0 Å². The van der Waals surface area contributed by atoms with Crippen LogP contribution < -0.4 is 15.0 Å². The molecule has 4 atom stereocenters. The molecule has 2 fully saturated rings. The summed E-state index contributed by atoms with van der Waals surface area (Å²) in [4.78, 5) is 47.7. The summed E-state index contributed by atoms with van der Waals surface area (Å²) in [6.07, 6.45) is 1.03. The SMILES string of the molecule is CC(C)[Si](C#Cc1c(F)ccc2cccc(-c3nc4c5c(nc(C(=O)N[C@H](C)CN(C)C)nc5c3F)N3C[C@@H]5CC[C@H]([C@H]3CO4)N5C(=O)OC(C)(C)C)c12)(C(C)C)C(C)C. The fraction of sp³-hybridized carbons (Fsp3) is 0.543. The lowest BCUT2D eigenvalue weighted by molar-refractivity contribution is 0.00539. The molecule has 2 amide bonds. The molecule has 5 heterocycles. The van der Waals surface area contributed by atoms with E-state index < -0.39 is 43.4 Å². The van der Waals surface area contributed by atoms with Crippen LogP contribution in [0.4, 0.5) is 19.4 Å². The van der Waals surface area contributed by atoms with Crippen LogP contribution in [-0.2, 0) is 4.74 Å². The van der Waals surface area contributed by atoms with E-state index in [1.54, 1.807) is 18.2 Å². The van der Waals surface area contributed by atoms with Gasteiger partial charge in [0.15, 0.2) is 5.82 Å². The van der Waals surface area contributed by atoms with Gasteiger partial charge in [-0.25, -0.2) is 28.5 Å². The van der Waals surface area contributed by atoms with E-state index in [2.05, 4.69) is 63.3 Å². The van der Waals surface area contributed by atoms with E-state index in [0.29, 0.717) is 58.3 Å². The molecule has 0 saturated carbocycles. The second kappa shape index (κ2) is 16.2. The van der Waals surface area contributed by atoms with Crippen molar-refractivity contribution in [2.75, 3.05) is 38.7 Å². The van der Waals surface area contributed by atoms with Crippen LogP contribution in [0.1, 0.15) is 98.3 Å². The molecule has 0 spiro atoms. The Morgan fingerprint density at radius 1 is 0.967 bits per heavy atom. The van der Waals surface area contributed by atoms with Crippen molar-refractivity contribution < 1.29 is 27.8 Å². The van der Waals surface area contributed by atoms with E-state index >= 15 is 8.78 Å². The minimum atomic E-state index is -2.30. The number of pyridine rings is 1. The van der Waals surface area contributed by atoms with Gasteiger partial charge >= 0.3 is 6.09 Å². The van der Waals surface area contributed by atoms with Crippen molar-refractivity contribution in [3.63, 3.8) is 0 Å². The van der Waals surface area contributed by atoms with Crippen LogP contribution in [0.5, 0.6) is 5.88 Å². The Hall–Kier alpha value is -4.87. The smallest absolute Gasteiger partial charge is 0.410 e. The largest absolute Gasteiger partial charge is 0.475 e. The first-order chi connectivity index (χ1) is 28.2. The molecule has 11 nitrogen and oxygen atoms in total. The third-order valence-corrected chi connectivity index (χ3v) is 18.8. The third-order valence-electron chi connectivity index (χ3n) is 12.5. The standard InChI is InChI=1S/C46H59F2N7O4Si/c1-25(2)60(26(3)4,27(5)6)21-20-31-33(47)18-16-29-14-13-15-32(36(29)31)39-38(48)40-37-42(52-41(50-40)43(56)49-28(7)22-53(11)12)54-23-30-17-19-34(35(54)24-58-44(37)51-39)55(30)45(57)59-46(8,9)10/h13-16,18,25-28,30,34-35H,17,19,22-24H2,1-12H3,(H,49,56)/t28-,30+,34-,35-/m1/s1. The van der Waals surface area contributed by atoms with E-state index in [9.17, 15) is 9.59 Å². The topological polar surface area (TPSA) is 113 Å². The van der Waals surface area contributed by atoms with Crippen molar-refractivity contribution in [3.05, 3.63) is 53.4 Å². The second-order valence-corrected chi connectivity index (χ2v) is 24.6. The monoisotopic (exact) mass is 839 g/mol. The van der Waals surface area contributed by atoms with Gasteiger partial charge in [0.2, 0.25) is 11.7 Å². The van der Waals surface area contributed by atoms with Crippen molar-refractivity contribution >= 4 is 47.6 Å². The molecular weight excluding hydrogens is 781 g/mol. The molecule has 3 aliphatic rings. The molecular formula is C46H59F2N7O4Si. The van der Waals surface area contributed by atoms with Gasteiger partial charge in [0.25, 0.3) is 5.91 Å². The molecule has 2 aromatic carbocycles. The first-order valence-electron chi connectivity index (χ1n) is 21.3. The summed E-state index contributed by atoms with van der Waals surface area (Å²) in [5.74, 6) is 1.66. The molecule has 0 aliphatic carbocycles. The number of hydrogen-bond acceptors (Lipinski definition) is 9. The van der Waals surface area contributed by atoms with Gasteiger partial charge in [0.05, 0.1) is 23.7 Å². The first kappa shape index (κ1) is 43.2. The molecule has 4 aromatic rings. The average molecular weight is 840 g/mol. The van der Waals surface area contributed by atoms with Crippen molar-refractivity contribution in [3.8, 4) is 28.6 Å². The van der Waals surface area contributed by atoms with Crippen LogP contribution in [0.25, 0.3) is 32.9 Å². The molecule has 1 N–H and O–H groups in total. The van der Waals surface area contributed by atoms with Crippen LogP contribution in [0.3, 0.4) is 0 Å². The van der Waals surface area contributed by atoms with Gasteiger partial charge in [0.1, 0.15) is 48.5 Å². The molecule has 7 rings (SSSR count). The molecule has 2 aromatic heterocycles. The first-order valence-corrected chi connectivity index (χ1v) is 23.5. The molecule has 2 saturated heterocycles. The lowest BCUT2D eigenvalue weighted by atomic mass is 9.96. The number of rotatable bonds is 8. The number of hydrogen-bond donors (Lipinski definition) is 1. The predicted octanol–water partition coefficient (Wildman–Crippen LogP) is 8.72. The summed E-state index contributed by atoms with van der Waals surface area (Å²) in [6.45, 7) is 21.6. The Balaban J connectivity index is 1.44. The highest BCUT2D eigenvalue weighted by atomic mass is 28.3. The minimum Gasteiger partial charge on any atom is -0.475 e. The van der Waals surface area contributed by atoms with Gasteiger partial charge in [-0.3, -0.25) is 9.69 Å². The fourth-order valence-corrected chi connectivity index (χ4v) is 15.3. The molecule has 14 heteroatoms. The van der Waals surface area contributed by atoms with Gasteiger partial charge in [-0.2, -0.15) is 0 Å². The van der Waals surface area contributed by atoms with Gasteiger partial charge in [-0.05, 0) is 82.7 Å². The Bertz CT molecular complexity index is 2380. The molecule has 2 bridgehead atoms. The number of halogens is 2. The average Bonchev–Trinajstić information content (AvgIpc) is 3.39. The number of amides is 2. The van der Waals surface area contributed by atoms with E-state index in [0.717, 1.165) is 6.42 Å². The maximum Gasteiger partial charge on any atom is 0.410 e. The highest BCUT2D eigenvalue weighted by Gasteiger charge is 2.52. The lowest BCUT2D eigenvalue weighted by Crippen LogP contribution is -2.63. The molecule has 0 radical (unpaired) electrons. The quantitative estimate of drug-likeness (QED) is 0.138. The summed E-state index contributed by atoms with van der Waals surface area (Å²) >= 11 is 0. The molecule has 0 unspecified atom stereocenters. The van der Waals surface area contributed by atoms with E-state index in [4.69, 9.17) is 19.4 Å². The Morgan fingerprint density at radius 2 is 1.67 bits per heavy atom. The minimum absolute atomic E-state index is 0.0883. The number of nitrogens with one attached hydrogen (secondary N) is 1. The second-order valence-electron chi connectivity index (χ2n) is 19.0. The van der Waals surface area contributed by atoms with Gasteiger partial charge < -0.3 is 24.6 Å².